The minimum Gasteiger partial charge on any atom is -0.476 e. The van der Waals surface area contributed by atoms with Gasteiger partial charge in [-0.3, -0.25) is 9.59 Å². The van der Waals surface area contributed by atoms with E-state index in [9.17, 15) is 9.59 Å². The zero-order valence-electron chi connectivity index (χ0n) is 12.0. The SMILES string of the molecule is Cc1occc(=O)c1OCC(=O)N[C@H](C)c1ccccc1. The number of aryl methyl sites for hydroxylation is 1. The molecule has 0 aliphatic heterocycles. The summed E-state index contributed by atoms with van der Waals surface area (Å²) in [5.74, 6) is 0.125. The maximum Gasteiger partial charge on any atom is 0.258 e. The topological polar surface area (TPSA) is 68.5 Å². The van der Waals surface area contributed by atoms with Gasteiger partial charge in [0.1, 0.15) is 5.76 Å². The zero-order valence-corrected chi connectivity index (χ0v) is 12.0. The van der Waals surface area contributed by atoms with Crippen LogP contribution in [-0.2, 0) is 4.79 Å². The highest BCUT2D eigenvalue weighted by atomic mass is 16.5. The normalized spacial score (nSPS) is 11.7. The van der Waals surface area contributed by atoms with E-state index < -0.39 is 0 Å². The molecule has 1 amide bonds. The van der Waals surface area contributed by atoms with Gasteiger partial charge in [-0.25, -0.2) is 0 Å². The van der Waals surface area contributed by atoms with Crippen LogP contribution in [0.25, 0.3) is 0 Å². The molecule has 1 atom stereocenters. The number of benzene rings is 1. The van der Waals surface area contributed by atoms with E-state index in [1.165, 1.54) is 12.3 Å². The first-order valence-electron chi connectivity index (χ1n) is 6.63. The lowest BCUT2D eigenvalue weighted by molar-refractivity contribution is -0.123. The fraction of sp³-hybridized carbons (Fsp3) is 0.250. The number of carbonyl (C=O) groups is 1. The van der Waals surface area contributed by atoms with Crippen molar-refractivity contribution in [2.24, 2.45) is 0 Å². The predicted octanol–water partition coefficient (Wildman–Crippen LogP) is 2.20. The van der Waals surface area contributed by atoms with Crippen LogP contribution < -0.4 is 15.5 Å². The van der Waals surface area contributed by atoms with E-state index in [1.54, 1.807) is 6.92 Å². The van der Waals surface area contributed by atoms with Crippen molar-refractivity contribution in [2.45, 2.75) is 19.9 Å². The molecular weight excluding hydrogens is 270 g/mol. The van der Waals surface area contributed by atoms with E-state index in [4.69, 9.17) is 9.15 Å². The first-order chi connectivity index (χ1) is 10.1. The molecule has 0 bridgehead atoms. The third-order valence-corrected chi connectivity index (χ3v) is 3.03. The van der Waals surface area contributed by atoms with E-state index >= 15 is 0 Å². The van der Waals surface area contributed by atoms with Crippen molar-refractivity contribution in [1.82, 2.24) is 5.32 Å². The molecule has 2 aromatic rings. The van der Waals surface area contributed by atoms with Crippen LogP contribution in [0.15, 0.2) is 51.9 Å². The summed E-state index contributed by atoms with van der Waals surface area (Å²) in [6.45, 7) is 3.27. The van der Waals surface area contributed by atoms with Crippen LogP contribution >= 0.6 is 0 Å². The van der Waals surface area contributed by atoms with Crippen LogP contribution in [0.4, 0.5) is 0 Å². The summed E-state index contributed by atoms with van der Waals surface area (Å²) < 4.78 is 10.3. The Morgan fingerprint density at radius 1 is 1.29 bits per heavy atom. The van der Waals surface area contributed by atoms with Gasteiger partial charge in [0.05, 0.1) is 12.3 Å². The molecule has 0 aliphatic rings. The maximum absolute atomic E-state index is 11.9. The van der Waals surface area contributed by atoms with Gasteiger partial charge in [0.2, 0.25) is 11.2 Å². The highest BCUT2D eigenvalue weighted by Crippen LogP contribution is 2.12. The van der Waals surface area contributed by atoms with Crippen LogP contribution in [-0.4, -0.2) is 12.5 Å². The summed E-state index contributed by atoms with van der Waals surface area (Å²) in [6, 6.07) is 10.7. The van der Waals surface area contributed by atoms with Crippen LogP contribution in [0.2, 0.25) is 0 Å². The smallest absolute Gasteiger partial charge is 0.258 e. The second-order valence-corrected chi connectivity index (χ2v) is 4.66. The fourth-order valence-corrected chi connectivity index (χ4v) is 1.92. The predicted molar refractivity (Wildman–Crippen MR) is 78.2 cm³/mol. The number of amides is 1. The second kappa shape index (κ2) is 6.74. The minimum absolute atomic E-state index is 0.0695. The van der Waals surface area contributed by atoms with Crippen LogP contribution in [0, 0.1) is 6.92 Å². The summed E-state index contributed by atoms with van der Waals surface area (Å²) in [5, 5.41) is 2.81. The number of carbonyl (C=O) groups excluding carboxylic acids is 1. The summed E-state index contributed by atoms with van der Waals surface area (Å²) in [4.78, 5) is 23.4. The standard InChI is InChI=1S/C16H17NO4/c1-11(13-6-4-3-5-7-13)17-15(19)10-21-16-12(2)20-9-8-14(16)18/h3-9,11H,10H2,1-2H3,(H,17,19)/t11-/m1/s1. The number of ether oxygens (including phenoxy) is 1. The monoisotopic (exact) mass is 287 g/mol. The van der Waals surface area contributed by atoms with Crippen molar-refractivity contribution in [1.29, 1.82) is 0 Å². The quantitative estimate of drug-likeness (QED) is 0.915. The Hall–Kier alpha value is -2.56. The number of hydrogen-bond donors (Lipinski definition) is 1. The molecule has 0 fully saturated rings. The van der Waals surface area contributed by atoms with Crippen molar-refractivity contribution in [3.63, 3.8) is 0 Å². The molecule has 0 radical (unpaired) electrons. The van der Waals surface area contributed by atoms with Gasteiger partial charge in [0.25, 0.3) is 5.91 Å². The van der Waals surface area contributed by atoms with E-state index in [-0.39, 0.29) is 29.7 Å². The van der Waals surface area contributed by atoms with E-state index in [0.29, 0.717) is 5.76 Å². The molecule has 0 saturated carbocycles. The average Bonchev–Trinajstić information content (AvgIpc) is 2.47. The van der Waals surface area contributed by atoms with E-state index in [1.807, 2.05) is 37.3 Å². The van der Waals surface area contributed by atoms with Crippen molar-refractivity contribution in [3.8, 4) is 5.75 Å². The summed E-state index contributed by atoms with van der Waals surface area (Å²) >= 11 is 0. The van der Waals surface area contributed by atoms with Gasteiger partial charge < -0.3 is 14.5 Å². The molecule has 5 nitrogen and oxygen atoms in total. The van der Waals surface area contributed by atoms with Gasteiger partial charge in [-0.1, -0.05) is 30.3 Å². The van der Waals surface area contributed by atoms with Crippen molar-refractivity contribution < 1.29 is 13.9 Å². The van der Waals surface area contributed by atoms with Crippen LogP contribution in [0.3, 0.4) is 0 Å². The molecule has 2 rings (SSSR count). The fourth-order valence-electron chi connectivity index (χ4n) is 1.92. The lowest BCUT2D eigenvalue weighted by atomic mass is 10.1. The van der Waals surface area contributed by atoms with Crippen molar-refractivity contribution >= 4 is 5.91 Å². The summed E-state index contributed by atoms with van der Waals surface area (Å²) in [5.41, 5.74) is 0.698. The summed E-state index contributed by atoms with van der Waals surface area (Å²) in [6.07, 6.45) is 1.29. The lowest BCUT2D eigenvalue weighted by Crippen LogP contribution is -2.32. The highest BCUT2D eigenvalue weighted by molar-refractivity contribution is 5.78. The molecule has 1 aromatic carbocycles. The largest absolute Gasteiger partial charge is 0.476 e. The molecule has 110 valence electrons. The van der Waals surface area contributed by atoms with E-state index in [2.05, 4.69) is 5.32 Å². The molecular formula is C16H17NO4. The molecule has 1 N–H and O–H groups in total. The van der Waals surface area contributed by atoms with Crippen LogP contribution in [0.1, 0.15) is 24.3 Å². The Morgan fingerprint density at radius 3 is 2.67 bits per heavy atom. The minimum atomic E-state index is -0.303. The molecule has 0 unspecified atom stereocenters. The molecule has 5 heteroatoms. The van der Waals surface area contributed by atoms with Gasteiger partial charge in [-0.05, 0) is 19.4 Å². The average molecular weight is 287 g/mol. The third kappa shape index (κ3) is 3.95. The Labute approximate surface area is 122 Å². The third-order valence-electron chi connectivity index (χ3n) is 3.03. The Bertz CT molecular complexity index is 663. The lowest BCUT2D eigenvalue weighted by Gasteiger charge is -2.14. The molecule has 0 spiro atoms. The van der Waals surface area contributed by atoms with Gasteiger partial charge in [0.15, 0.2) is 6.61 Å². The first-order valence-corrected chi connectivity index (χ1v) is 6.63. The molecule has 1 heterocycles. The Balaban J connectivity index is 1.92. The van der Waals surface area contributed by atoms with Crippen molar-refractivity contribution in [2.75, 3.05) is 6.61 Å². The second-order valence-electron chi connectivity index (χ2n) is 4.66. The van der Waals surface area contributed by atoms with Gasteiger partial charge in [-0.2, -0.15) is 0 Å². The molecule has 0 saturated heterocycles. The van der Waals surface area contributed by atoms with Crippen molar-refractivity contribution in [3.05, 3.63) is 64.2 Å². The summed E-state index contributed by atoms with van der Waals surface area (Å²) in [7, 11) is 0. The van der Waals surface area contributed by atoms with Gasteiger partial charge >= 0.3 is 0 Å². The molecule has 21 heavy (non-hydrogen) atoms. The zero-order chi connectivity index (χ0) is 15.2. The maximum atomic E-state index is 11.9. The Kier molecular flexibility index (Phi) is 4.77. The highest BCUT2D eigenvalue weighted by Gasteiger charge is 2.12. The number of rotatable bonds is 5. The molecule has 1 aromatic heterocycles. The van der Waals surface area contributed by atoms with Gasteiger partial charge in [0, 0.05) is 6.07 Å². The van der Waals surface area contributed by atoms with Gasteiger partial charge in [-0.15, -0.1) is 0 Å². The molecule has 0 aliphatic carbocycles. The van der Waals surface area contributed by atoms with E-state index in [0.717, 1.165) is 5.56 Å². The van der Waals surface area contributed by atoms with Crippen LogP contribution in [0.5, 0.6) is 5.75 Å². The first kappa shape index (κ1) is 14.8. The Morgan fingerprint density at radius 2 is 2.00 bits per heavy atom. The number of hydrogen-bond acceptors (Lipinski definition) is 4. The number of nitrogens with one attached hydrogen (secondary N) is 1.